The number of carbonyl (C=O) groups excluding carboxylic acids is 5. The maximum Gasteiger partial charge on any atom is 0.220 e. The Morgan fingerprint density at radius 2 is 1.15 bits per heavy atom. The van der Waals surface area contributed by atoms with Gasteiger partial charge < -0.3 is 70.5 Å². The van der Waals surface area contributed by atoms with E-state index in [0.29, 0.717) is 32.0 Å². The summed E-state index contributed by atoms with van der Waals surface area (Å²) in [6.07, 6.45) is -7.98. The number of hydrogen-bond acceptors (Lipinski definition) is 14. The molecule has 0 aliphatic carbocycles. The minimum Gasteiger partial charge on any atom is -0.394 e. The molecule has 0 aromatic heterocycles. The van der Waals surface area contributed by atoms with Crippen LogP contribution in [0.2, 0.25) is 0 Å². The average Bonchev–Trinajstić information content (AvgIpc) is 3.01. The number of rotatable bonds is 19. The molecular formula is C28H48N4O14. The van der Waals surface area contributed by atoms with Gasteiger partial charge in [-0.1, -0.05) is 0 Å². The molecule has 0 spiro atoms. The lowest BCUT2D eigenvalue weighted by molar-refractivity contribution is -0.270. The third-order valence-electron chi connectivity index (χ3n) is 7.32. The Kier molecular flexibility index (Phi) is 17.5. The van der Waals surface area contributed by atoms with Gasteiger partial charge in [0.2, 0.25) is 23.6 Å². The van der Waals surface area contributed by atoms with E-state index in [1.807, 2.05) is 0 Å². The number of aliphatic hydroxyl groups excluding tert-OH is 5. The molecule has 4 amide bonds. The van der Waals surface area contributed by atoms with E-state index in [2.05, 4.69) is 21.3 Å². The fourth-order valence-corrected chi connectivity index (χ4v) is 4.90. The van der Waals surface area contributed by atoms with Crippen LogP contribution in [0.15, 0.2) is 0 Å². The van der Waals surface area contributed by atoms with Crippen LogP contribution in [-0.4, -0.2) is 150 Å². The molecule has 2 heterocycles. The molecule has 2 saturated heterocycles. The summed E-state index contributed by atoms with van der Waals surface area (Å²) in [7, 11) is 0. The van der Waals surface area contributed by atoms with E-state index in [0.717, 1.165) is 0 Å². The zero-order chi connectivity index (χ0) is 34.2. The monoisotopic (exact) mass is 664 g/mol. The lowest BCUT2D eigenvalue weighted by Crippen LogP contribution is -2.64. The van der Waals surface area contributed by atoms with Gasteiger partial charge in [0.05, 0.1) is 6.61 Å². The number of ether oxygens (including phenoxy) is 4. The van der Waals surface area contributed by atoms with Crippen LogP contribution in [-0.2, 0) is 42.9 Å². The van der Waals surface area contributed by atoms with Gasteiger partial charge in [0.15, 0.2) is 18.9 Å². The molecule has 0 saturated carbocycles. The fraction of sp³-hybridized carbons (Fsp3) is 0.821. The van der Waals surface area contributed by atoms with Crippen molar-refractivity contribution in [2.45, 2.75) is 114 Å². The van der Waals surface area contributed by atoms with Crippen molar-refractivity contribution in [1.29, 1.82) is 0 Å². The number of aliphatic hydroxyl groups is 5. The summed E-state index contributed by atoms with van der Waals surface area (Å²) in [5.74, 6) is -1.41. The molecule has 9 N–H and O–H groups in total. The summed E-state index contributed by atoms with van der Waals surface area (Å²) in [5.41, 5.74) is 0. The van der Waals surface area contributed by atoms with Gasteiger partial charge in [0, 0.05) is 53.0 Å². The minimum atomic E-state index is -1.52. The van der Waals surface area contributed by atoms with Crippen LogP contribution in [0, 0.1) is 0 Å². The van der Waals surface area contributed by atoms with E-state index < -0.39 is 79.7 Å². The van der Waals surface area contributed by atoms with E-state index in [-0.39, 0.29) is 51.0 Å². The number of carbonyl (C=O) groups is 5. The molecule has 264 valence electrons. The summed E-state index contributed by atoms with van der Waals surface area (Å²) < 4.78 is 22.0. The van der Waals surface area contributed by atoms with Crippen LogP contribution in [0.25, 0.3) is 0 Å². The SMILES string of the molecule is CC(=O)NC1C(O)[C@@H](O)C(CO)O[C@H]1OCCCCC(=O)NCCNC(=O)CCCCO[C@@H]1O[C@H](C=O)[C@H](O)C(O)C1NC(C)=O. The smallest absolute Gasteiger partial charge is 0.220 e. The van der Waals surface area contributed by atoms with Crippen molar-refractivity contribution in [3.8, 4) is 0 Å². The molecule has 2 aliphatic rings. The van der Waals surface area contributed by atoms with Gasteiger partial charge in [-0.3, -0.25) is 19.2 Å². The highest BCUT2D eigenvalue weighted by Gasteiger charge is 2.46. The molecule has 10 atom stereocenters. The largest absolute Gasteiger partial charge is 0.394 e. The molecule has 46 heavy (non-hydrogen) atoms. The standard InChI is InChI=1S/C28H48N4O14/c1-15(35)31-21-25(41)23(39)17(13-33)45-27(21)43-11-5-3-7-19(37)29-9-10-30-20(38)8-4-6-12-44-28-22(32-16(2)36)26(42)24(40)18(14-34)46-28/h13,17-18,21-28,34,39-42H,3-12,14H2,1-2H3,(H,29,37)(H,30,38)(H,31,35)(H,32,36)/t17-,18?,21?,22?,23+,24+,25?,26?,27-,28-/m1/s1. The maximum absolute atomic E-state index is 12.1. The van der Waals surface area contributed by atoms with Crippen LogP contribution < -0.4 is 21.3 Å². The van der Waals surface area contributed by atoms with Crippen LogP contribution in [0.4, 0.5) is 0 Å². The first-order valence-electron chi connectivity index (χ1n) is 15.3. The molecule has 5 unspecified atom stereocenters. The van der Waals surface area contributed by atoms with E-state index in [1.165, 1.54) is 13.8 Å². The van der Waals surface area contributed by atoms with E-state index in [4.69, 9.17) is 18.9 Å². The Morgan fingerprint density at radius 3 is 1.59 bits per heavy atom. The molecule has 18 heteroatoms. The molecule has 2 fully saturated rings. The Labute approximate surface area is 266 Å². The van der Waals surface area contributed by atoms with Gasteiger partial charge in [-0.05, 0) is 25.7 Å². The Balaban J connectivity index is 1.55. The summed E-state index contributed by atoms with van der Waals surface area (Å²) in [6.45, 7) is 2.58. The normalized spacial score (nSPS) is 31.0. The third-order valence-corrected chi connectivity index (χ3v) is 7.32. The third kappa shape index (κ3) is 12.8. The Morgan fingerprint density at radius 1 is 0.696 bits per heavy atom. The lowest BCUT2D eigenvalue weighted by atomic mass is 9.97. The highest BCUT2D eigenvalue weighted by molar-refractivity contribution is 5.77. The molecule has 0 bridgehead atoms. The van der Waals surface area contributed by atoms with Gasteiger partial charge in [-0.25, -0.2) is 0 Å². The second-order valence-corrected chi connectivity index (χ2v) is 11.1. The van der Waals surface area contributed by atoms with E-state index >= 15 is 0 Å². The molecule has 0 aromatic rings. The highest BCUT2D eigenvalue weighted by atomic mass is 16.7. The average molecular weight is 665 g/mol. The molecule has 18 nitrogen and oxygen atoms in total. The van der Waals surface area contributed by atoms with Crippen LogP contribution in [0.3, 0.4) is 0 Å². The first-order chi connectivity index (χ1) is 21.9. The van der Waals surface area contributed by atoms with Crippen LogP contribution >= 0.6 is 0 Å². The number of aldehydes is 1. The van der Waals surface area contributed by atoms with Crippen molar-refractivity contribution in [1.82, 2.24) is 21.3 Å². The van der Waals surface area contributed by atoms with Gasteiger partial charge in [0.1, 0.15) is 48.7 Å². The van der Waals surface area contributed by atoms with Crippen molar-refractivity contribution in [3.63, 3.8) is 0 Å². The first kappa shape index (κ1) is 39.4. The molecule has 2 rings (SSSR count). The van der Waals surface area contributed by atoms with Crippen molar-refractivity contribution in [3.05, 3.63) is 0 Å². The fourth-order valence-electron chi connectivity index (χ4n) is 4.90. The Hall–Kier alpha value is -2.81. The number of amides is 4. The van der Waals surface area contributed by atoms with Crippen LogP contribution in [0.5, 0.6) is 0 Å². The first-order valence-corrected chi connectivity index (χ1v) is 15.3. The second-order valence-electron chi connectivity index (χ2n) is 11.1. The van der Waals surface area contributed by atoms with Gasteiger partial charge in [0.25, 0.3) is 0 Å². The quantitative estimate of drug-likeness (QED) is 0.0467. The molecule has 2 aliphatic heterocycles. The Bertz CT molecular complexity index is 990. The topological polar surface area (TPSA) is 272 Å². The summed E-state index contributed by atoms with van der Waals surface area (Å²) in [5, 5.41) is 60.2. The van der Waals surface area contributed by atoms with Crippen molar-refractivity contribution in [2.24, 2.45) is 0 Å². The van der Waals surface area contributed by atoms with Gasteiger partial charge in [-0.2, -0.15) is 0 Å². The van der Waals surface area contributed by atoms with Crippen molar-refractivity contribution < 1.29 is 68.5 Å². The molecular weight excluding hydrogens is 616 g/mol. The van der Waals surface area contributed by atoms with Crippen molar-refractivity contribution in [2.75, 3.05) is 32.9 Å². The molecule has 0 aromatic carbocycles. The van der Waals surface area contributed by atoms with Crippen LogP contribution in [0.1, 0.15) is 52.4 Å². The summed E-state index contributed by atoms with van der Waals surface area (Å²) >= 11 is 0. The number of nitrogens with one attached hydrogen (secondary N) is 4. The predicted octanol–water partition coefficient (Wildman–Crippen LogP) is -4.31. The maximum atomic E-state index is 12.1. The zero-order valence-electron chi connectivity index (χ0n) is 26.0. The highest BCUT2D eigenvalue weighted by Crippen LogP contribution is 2.23. The number of hydrogen-bond donors (Lipinski definition) is 9. The summed E-state index contributed by atoms with van der Waals surface area (Å²) in [6, 6.07) is -2.12. The second kappa shape index (κ2) is 20.4. The predicted molar refractivity (Wildman–Crippen MR) is 155 cm³/mol. The molecule has 0 radical (unpaired) electrons. The van der Waals surface area contributed by atoms with Gasteiger partial charge in [-0.15, -0.1) is 0 Å². The van der Waals surface area contributed by atoms with Crippen molar-refractivity contribution >= 4 is 29.9 Å². The summed E-state index contributed by atoms with van der Waals surface area (Å²) in [4.78, 5) is 58.3. The minimum absolute atomic E-state index is 0.0986. The van der Waals surface area contributed by atoms with E-state index in [1.54, 1.807) is 0 Å². The van der Waals surface area contributed by atoms with Gasteiger partial charge >= 0.3 is 0 Å². The number of unbranched alkanes of at least 4 members (excludes halogenated alkanes) is 2. The van der Waals surface area contributed by atoms with E-state index in [9.17, 15) is 49.5 Å². The zero-order valence-corrected chi connectivity index (χ0v) is 26.0. The lowest BCUT2D eigenvalue weighted by Gasteiger charge is -2.42.